The summed E-state index contributed by atoms with van der Waals surface area (Å²) in [7, 11) is -3.90. The van der Waals surface area contributed by atoms with E-state index in [0.717, 1.165) is 17.6 Å². The van der Waals surface area contributed by atoms with Crippen LogP contribution in [0.3, 0.4) is 0 Å². The first kappa shape index (κ1) is 16.1. The molecule has 0 saturated heterocycles. The van der Waals surface area contributed by atoms with Crippen molar-refractivity contribution in [3.8, 4) is 0 Å². The van der Waals surface area contributed by atoms with Gasteiger partial charge in [-0.15, -0.1) is 0 Å². The van der Waals surface area contributed by atoms with Gasteiger partial charge in [0.1, 0.15) is 0 Å². The predicted molar refractivity (Wildman–Crippen MR) is 65.0 cm³/mol. The summed E-state index contributed by atoms with van der Waals surface area (Å²) < 4.78 is 26.6. The van der Waals surface area contributed by atoms with Gasteiger partial charge in [0.05, 0.1) is 5.41 Å². The average Bonchev–Trinajstić information content (AvgIpc) is 2.17. The number of rotatable bonds is 5. The first-order chi connectivity index (χ1) is 6.76. The second kappa shape index (κ2) is 7.96. The van der Waals surface area contributed by atoms with E-state index in [9.17, 15) is 8.42 Å². The zero-order valence-corrected chi connectivity index (χ0v) is 9.46. The summed E-state index contributed by atoms with van der Waals surface area (Å²) >= 11 is 0. The van der Waals surface area contributed by atoms with Crippen molar-refractivity contribution in [2.24, 2.45) is 0 Å². The fraction of sp³-hybridized carbons (Fsp3) is 0.0909. The molecule has 0 aliphatic rings. The van der Waals surface area contributed by atoms with Crippen molar-refractivity contribution >= 4 is 10.1 Å². The maximum absolute atomic E-state index is 9.44. The number of hydrogen-bond acceptors (Lipinski definition) is 2. The molecule has 0 aromatic rings. The molecule has 0 radical (unpaired) electrons. The van der Waals surface area contributed by atoms with Crippen molar-refractivity contribution in [2.75, 3.05) is 0 Å². The fourth-order valence-electron chi connectivity index (χ4n) is 0.436. The molecule has 0 atom stereocenters. The van der Waals surface area contributed by atoms with E-state index in [1.165, 1.54) is 0 Å². The lowest BCUT2D eigenvalue weighted by molar-refractivity contribution is 0.494. The van der Waals surface area contributed by atoms with Crippen LogP contribution >= 0.6 is 0 Å². The molecule has 0 amide bonds. The third kappa shape index (κ3) is 15.4. The molecule has 1 N–H and O–H groups in total. The Morgan fingerprint density at radius 2 is 1.33 bits per heavy atom. The van der Waals surface area contributed by atoms with Crippen LogP contribution in [-0.4, -0.2) is 13.0 Å². The summed E-state index contributed by atoms with van der Waals surface area (Å²) in [5, 5.41) is 0.465. The summed E-state index contributed by atoms with van der Waals surface area (Å²) in [4.78, 5) is 0. The Kier molecular flexibility index (Phi) is 8.52. The van der Waals surface area contributed by atoms with Gasteiger partial charge in [-0.1, -0.05) is 56.2 Å². The molecule has 0 unspecified atom stereocenters. The largest absolute Gasteiger partial charge is 0.287 e. The summed E-state index contributed by atoms with van der Waals surface area (Å²) in [6, 6.07) is 0. The van der Waals surface area contributed by atoms with Crippen LogP contribution in [0.25, 0.3) is 0 Å². The van der Waals surface area contributed by atoms with Gasteiger partial charge in [0.2, 0.25) is 0 Å². The summed E-state index contributed by atoms with van der Waals surface area (Å²) in [5.74, 6) is 0. The van der Waals surface area contributed by atoms with Gasteiger partial charge in [-0.3, -0.25) is 4.55 Å². The fourth-order valence-corrected chi connectivity index (χ4v) is 0.436. The minimum absolute atomic E-state index is 0.465. The first-order valence-electron chi connectivity index (χ1n) is 3.97. The molecule has 0 fully saturated rings. The van der Waals surface area contributed by atoms with Crippen LogP contribution in [0.2, 0.25) is 0 Å². The Bertz CT molecular complexity index is 332. The maximum atomic E-state index is 9.44. The highest BCUT2D eigenvalue weighted by molar-refractivity contribution is 7.88. The van der Waals surface area contributed by atoms with E-state index in [4.69, 9.17) is 4.55 Å². The SMILES string of the molecule is C=CC(=C)CC(=C)C=C.C=CS(=O)(=O)O. The maximum Gasteiger partial charge on any atom is 0.287 e. The smallest absolute Gasteiger partial charge is 0.282 e. The molecule has 0 rings (SSSR count). The van der Waals surface area contributed by atoms with E-state index in [-0.39, 0.29) is 0 Å². The molecule has 84 valence electrons. The van der Waals surface area contributed by atoms with Crippen LogP contribution in [0.4, 0.5) is 0 Å². The van der Waals surface area contributed by atoms with E-state index in [0.29, 0.717) is 5.41 Å². The Morgan fingerprint density at radius 1 is 1.07 bits per heavy atom. The van der Waals surface area contributed by atoms with E-state index in [1.807, 2.05) is 0 Å². The third-order valence-corrected chi connectivity index (χ3v) is 1.66. The van der Waals surface area contributed by atoms with Gasteiger partial charge >= 0.3 is 0 Å². The average molecular weight is 228 g/mol. The second-order valence-corrected chi connectivity index (χ2v) is 3.95. The van der Waals surface area contributed by atoms with Crippen molar-refractivity contribution < 1.29 is 13.0 Å². The summed E-state index contributed by atoms with van der Waals surface area (Å²) in [5.41, 5.74) is 1.97. The monoisotopic (exact) mass is 228 g/mol. The van der Waals surface area contributed by atoms with Crippen LogP contribution < -0.4 is 0 Å². The molecular formula is C11H16O3S. The highest BCUT2D eigenvalue weighted by Gasteiger charge is 1.88. The predicted octanol–water partition coefficient (Wildman–Crippen LogP) is 2.88. The van der Waals surface area contributed by atoms with Gasteiger partial charge in [0.25, 0.3) is 10.1 Å². The van der Waals surface area contributed by atoms with Crippen LogP contribution in [0, 0.1) is 0 Å². The minimum Gasteiger partial charge on any atom is -0.282 e. The lowest BCUT2D eigenvalue weighted by Crippen LogP contribution is -1.86. The Balaban J connectivity index is 0. The first-order valence-corrected chi connectivity index (χ1v) is 5.47. The van der Waals surface area contributed by atoms with Crippen molar-refractivity contribution in [2.45, 2.75) is 6.42 Å². The van der Waals surface area contributed by atoms with Gasteiger partial charge in [0.15, 0.2) is 0 Å². The van der Waals surface area contributed by atoms with Gasteiger partial charge < -0.3 is 0 Å². The lowest BCUT2D eigenvalue weighted by Gasteiger charge is -1.96. The lowest BCUT2D eigenvalue weighted by atomic mass is 10.1. The summed E-state index contributed by atoms with van der Waals surface area (Å²) in [6.45, 7) is 17.4. The van der Waals surface area contributed by atoms with E-state index < -0.39 is 10.1 Å². The molecule has 0 aliphatic carbocycles. The van der Waals surface area contributed by atoms with Gasteiger partial charge in [0, 0.05) is 0 Å². The molecule has 0 heterocycles. The van der Waals surface area contributed by atoms with Crippen LogP contribution in [-0.2, 0) is 10.1 Å². The normalized spacial score (nSPS) is 9.13. The van der Waals surface area contributed by atoms with Gasteiger partial charge in [-0.05, 0) is 6.42 Å². The molecule has 0 aromatic carbocycles. The second-order valence-electron chi connectivity index (χ2n) is 2.58. The topological polar surface area (TPSA) is 54.4 Å². The molecule has 3 nitrogen and oxygen atoms in total. The quantitative estimate of drug-likeness (QED) is 0.581. The Morgan fingerprint density at radius 3 is 1.47 bits per heavy atom. The van der Waals surface area contributed by atoms with Crippen LogP contribution in [0.1, 0.15) is 6.42 Å². The molecule has 0 bridgehead atoms. The van der Waals surface area contributed by atoms with E-state index in [1.54, 1.807) is 12.2 Å². The van der Waals surface area contributed by atoms with Crippen molar-refractivity contribution in [1.29, 1.82) is 0 Å². The molecule has 15 heavy (non-hydrogen) atoms. The summed E-state index contributed by atoms with van der Waals surface area (Å²) in [6.07, 6.45) is 4.25. The van der Waals surface area contributed by atoms with Crippen molar-refractivity contribution in [3.63, 3.8) is 0 Å². The van der Waals surface area contributed by atoms with Gasteiger partial charge in [-0.25, -0.2) is 0 Å². The van der Waals surface area contributed by atoms with Crippen LogP contribution in [0.15, 0.2) is 61.6 Å². The highest BCUT2D eigenvalue weighted by atomic mass is 32.2. The molecule has 0 aliphatic heterocycles. The zero-order chi connectivity index (χ0) is 12.5. The molecular weight excluding hydrogens is 212 g/mol. The standard InChI is InChI=1S/C9H12.C2H4O3S/c1-5-8(3)7-9(4)6-2;1-2-6(3,4)5/h5-6H,1-4,7H2;2H,1H2,(H,3,4,5). The van der Waals surface area contributed by atoms with Crippen LogP contribution in [0.5, 0.6) is 0 Å². The van der Waals surface area contributed by atoms with Gasteiger partial charge in [-0.2, -0.15) is 8.42 Å². The Labute approximate surface area is 91.6 Å². The minimum atomic E-state index is -3.90. The third-order valence-electron chi connectivity index (χ3n) is 1.24. The van der Waals surface area contributed by atoms with Crippen molar-refractivity contribution in [1.82, 2.24) is 0 Å². The molecule has 0 aromatic heterocycles. The number of allylic oxidation sites excluding steroid dienone is 4. The van der Waals surface area contributed by atoms with Crippen molar-refractivity contribution in [3.05, 3.63) is 61.6 Å². The molecule has 0 spiro atoms. The Hall–Kier alpha value is -1.39. The zero-order valence-electron chi connectivity index (χ0n) is 8.65. The van der Waals surface area contributed by atoms with E-state index in [2.05, 4.69) is 32.9 Å². The molecule has 0 saturated carbocycles. The number of hydrogen-bond donors (Lipinski definition) is 1. The van der Waals surface area contributed by atoms with E-state index >= 15 is 0 Å². The highest BCUT2D eigenvalue weighted by Crippen LogP contribution is 2.07. The molecule has 4 heteroatoms.